The Bertz CT molecular complexity index is 261. The second-order valence-corrected chi connectivity index (χ2v) is 5.73. The van der Waals surface area contributed by atoms with E-state index in [-0.39, 0.29) is 0 Å². The summed E-state index contributed by atoms with van der Waals surface area (Å²) in [5.74, 6) is 0. The summed E-state index contributed by atoms with van der Waals surface area (Å²) >= 11 is 12.5. The van der Waals surface area contributed by atoms with Gasteiger partial charge in [-0.15, -0.1) is 0 Å². The van der Waals surface area contributed by atoms with Crippen molar-refractivity contribution >= 4 is 49.3 Å². The van der Waals surface area contributed by atoms with Gasteiger partial charge in [0.2, 0.25) is 0 Å². The Morgan fingerprint density at radius 1 is 1.08 bits per heavy atom. The molecular weight excluding hydrogens is 312 g/mol. The van der Waals surface area contributed by atoms with Crippen molar-refractivity contribution in [1.82, 2.24) is 4.90 Å². The molecule has 0 bridgehead atoms. The van der Waals surface area contributed by atoms with Gasteiger partial charge in [0, 0.05) is 0 Å². The third-order valence-corrected chi connectivity index (χ3v) is 2.71. The van der Waals surface area contributed by atoms with E-state index in [2.05, 4.69) is 0 Å². The summed E-state index contributed by atoms with van der Waals surface area (Å²) < 4.78 is 1.26. The van der Waals surface area contributed by atoms with Crippen molar-refractivity contribution in [3.63, 3.8) is 0 Å². The molecule has 0 spiro atoms. The summed E-state index contributed by atoms with van der Waals surface area (Å²) in [7, 11) is 6.00. The molecule has 4 heteroatoms. The Labute approximate surface area is 103 Å². The van der Waals surface area contributed by atoms with Crippen molar-refractivity contribution in [3.8, 4) is 0 Å². The quantitative estimate of drug-likeness (QED) is 0.657. The Balaban J connectivity index is 0.000000310. The van der Waals surface area contributed by atoms with Gasteiger partial charge in [-0.05, 0) is 21.1 Å². The van der Waals surface area contributed by atoms with Gasteiger partial charge >= 0.3 is 77.6 Å². The number of rotatable bonds is 0. The van der Waals surface area contributed by atoms with Gasteiger partial charge in [0.25, 0.3) is 0 Å². The van der Waals surface area contributed by atoms with E-state index in [0.717, 1.165) is 22.5 Å². The molecule has 1 aromatic carbocycles. The van der Waals surface area contributed by atoms with Crippen LogP contribution in [0.3, 0.4) is 0 Å². The normalized spacial score (nSPS) is 9.46. The topological polar surface area (TPSA) is 3.24 Å². The van der Waals surface area contributed by atoms with Crippen LogP contribution in [0.2, 0.25) is 10.0 Å². The SMILES string of the molecule is CN(C)C.Clc1cc[c]([SnH])cc1Cl. The molecule has 0 aliphatic rings. The van der Waals surface area contributed by atoms with Crippen molar-refractivity contribution in [2.24, 2.45) is 0 Å². The van der Waals surface area contributed by atoms with Crippen molar-refractivity contribution in [2.75, 3.05) is 21.1 Å². The van der Waals surface area contributed by atoms with Crippen LogP contribution in [0.1, 0.15) is 0 Å². The molecule has 72 valence electrons. The predicted octanol–water partition coefficient (Wildman–Crippen LogP) is 1.70. The fourth-order valence-electron chi connectivity index (χ4n) is 0.512. The van der Waals surface area contributed by atoms with E-state index in [4.69, 9.17) is 23.2 Å². The van der Waals surface area contributed by atoms with E-state index < -0.39 is 0 Å². The maximum absolute atomic E-state index is 5.70. The molecule has 0 aliphatic carbocycles. The van der Waals surface area contributed by atoms with Crippen LogP contribution in [-0.2, 0) is 0 Å². The molecule has 0 heterocycles. The van der Waals surface area contributed by atoms with Crippen LogP contribution in [0.15, 0.2) is 18.2 Å². The molecule has 1 aromatic rings. The Kier molecular flexibility index (Phi) is 7.23. The third-order valence-electron chi connectivity index (χ3n) is 0.944. The average Bonchev–Trinajstić information content (AvgIpc) is 1.96. The second kappa shape index (κ2) is 6.93. The van der Waals surface area contributed by atoms with E-state index in [1.807, 2.05) is 44.2 Å². The first-order chi connectivity index (χ1) is 5.93. The molecule has 0 saturated heterocycles. The van der Waals surface area contributed by atoms with Crippen LogP contribution in [0.25, 0.3) is 0 Å². The van der Waals surface area contributed by atoms with Crippen LogP contribution in [0.4, 0.5) is 0 Å². The van der Waals surface area contributed by atoms with Gasteiger partial charge in [-0.1, -0.05) is 0 Å². The molecule has 0 fully saturated rings. The molecule has 2 radical (unpaired) electrons. The third kappa shape index (κ3) is 7.62. The number of benzene rings is 1. The van der Waals surface area contributed by atoms with Gasteiger partial charge in [-0.25, -0.2) is 0 Å². The van der Waals surface area contributed by atoms with Crippen LogP contribution >= 0.6 is 23.2 Å². The molecule has 13 heavy (non-hydrogen) atoms. The molecule has 0 aliphatic heterocycles. The molecule has 0 aromatic heterocycles. The minimum atomic E-state index is 0.634. The van der Waals surface area contributed by atoms with Crippen LogP contribution in [0, 0.1) is 0 Å². The molecule has 1 rings (SSSR count). The minimum absolute atomic E-state index is 0.634. The van der Waals surface area contributed by atoms with Crippen molar-refractivity contribution in [3.05, 3.63) is 28.2 Å². The molecular formula is C9H13Cl2NSn. The van der Waals surface area contributed by atoms with E-state index in [1.165, 1.54) is 3.58 Å². The zero-order chi connectivity index (χ0) is 10.4. The van der Waals surface area contributed by atoms with Crippen LogP contribution < -0.4 is 3.58 Å². The monoisotopic (exact) mass is 325 g/mol. The molecule has 0 N–H and O–H groups in total. The summed E-state index contributed by atoms with van der Waals surface area (Å²) in [4.78, 5) is 2.00. The number of hydrogen-bond donors (Lipinski definition) is 0. The first kappa shape index (κ1) is 13.6. The van der Waals surface area contributed by atoms with Crippen molar-refractivity contribution in [1.29, 1.82) is 0 Å². The fraction of sp³-hybridized carbons (Fsp3) is 0.333. The van der Waals surface area contributed by atoms with Gasteiger partial charge in [-0.3, -0.25) is 0 Å². The Morgan fingerprint density at radius 3 is 1.85 bits per heavy atom. The Hall–Kier alpha value is 0.559. The first-order valence-electron chi connectivity index (χ1n) is 3.75. The summed E-state index contributed by atoms with van der Waals surface area (Å²) in [6, 6.07) is 5.70. The summed E-state index contributed by atoms with van der Waals surface area (Å²) in [6.45, 7) is 0. The van der Waals surface area contributed by atoms with Crippen LogP contribution in [-0.4, -0.2) is 48.6 Å². The molecule has 0 saturated carbocycles. The number of hydrogen-bond acceptors (Lipinski definition) is 1. The number of nitrogens with zero attached hydrogens (tertiary/aromatic N) is 1. The summed E-state index contributed by atoms with van der Waals surface area (Å²) in [5, 5.41) is 1.29. The van der Waals surface area contributed by atoms with E-state index in [1.54, 1.807) is 0 Å². The van der Waals surface area contributed by atoms with Crippen LogP contribution in [0.5, 0.6) is 0 Å². The summed E-state index contributed by atoms with van der Waals surface area (Å²) in [5.41, 5.74) is 0. The average molecular weight is 325 g/mol. The van der Waals surface area contributed by atoms with Gasteiger partial charge in [0.1, 0.15) is 0 Å². The van der Waals surface area contributed by atoms with Gasteiger partial charge < -0.3 is 4.90 Å². The predicted molar refractivity (Wildman–Crippen MR) is 62.9 cm³/mol. The van der Waals surface area contributed by atoms with Crippen molar-refractivity contribution < 1.29 is 0 Å². The fourth-order valence-corrected chi connectivity index (χ4v) is 1.87. The zero-order valence-electron chi connectivity index (χ0n) is 8.01. The maximum atomic E-state index is 5.70. The molecule has 0 amide bonds. The van der Waals surface area contributed by atoms with Crippen molar-refractivity contribution in [2.45, 2.75) is 0 Å². The van der Waals surface area contributed by atoms with Gasteiger partial charge in [-0.2, -0.15) is 0 Å². The Morgan fingerprint density at radius 2 is 1.54 bits per heavy atom. The standard InChI is InChI=1S/C6H3Cl2.C3H9N.Sn.H/c7-5-3-1-2-4-6(5)8;1-4(2)3;;/h1,3-4H;1-3H3;;. The number of halogens is 2. The first-order valence-corrected chi connectivity index (χ1v) is 6.15. The molecule has 1 nitrogen and oxygen atoms in total. The zero-order valence-corrected chi connectivity index (χ0v) is 12.8. The molecule has 0 atom stereocenters. The van der Waals surface area contributed by atoms with E-state index in [9.17, 15) is 0 Å². The molecule has 0 unspecified atom stereocenters. The van der Waals surface area contributed by atoms with Gasteiger partial charge in [0.05, 0.1) is 0 Å². The summed E-state index contributed by atoms with van der Waals surface area (Å²) in [6.07, 6.45) is 0. The van der Waals surface area contributed by atoms with E-state index in [0.29, 0.717) is 10.0 Å². The second-order valence-electron chi connectivity index (χ2n) is 3.02. The van der Waals surface area contributed by atoms with E-state index >= 15 is 0 Å². The van der Waals surface area contributed by atoms with Gasteiger partial charge in [0.15, 0.2) is 0 Å².